The summed E-state index contributed by atoms with van der Waals surface area (Å²) in [7, 11) is 0. The highest BCUT2D eigenvalue weighted by atomic mass is 79.9. The van der Waals surface area contributed by atoms with Crippen molar-refractivity contribution in [2.45, 2.75) is 44.6 Å². The number of benzene rings is 1. The van der Waals surface area contributed by atoms with Gasteiger partial charge in [0.25, 0.3) is 0 Å². The fourth-order valence-electron chi connectivity index (χ4n) is 3.79. The monoisotopic (exact) mass is 318 g/mol. The number of anilines is 1. The number of hydrogen-bond acceptors (Lipinski definition) is 2. The first-order chi connectivity index (χ1) is 9.31. The first kappa shape index (κ1) is 13.0. The van der Waals surface area contributed by atoms with Crippen LogP contribution in [0.3, 0.4) is 0 Å². The number of piperidine rings is 1. The highest BCUT2D eigenvalue weighted by molar-refractivity contribution is 9.10. The maximum atomic E-state index is 9.42. The molecule has 2 unspecified atom stereocenters. The Morgan fingerprint density at radius 1 is 1.16 bits per heavy atom. The first-order valence-corrected chi connectivity index (χ1v) is 8.06. The number of rotatable bonds is 1. The van der Waals surface area contributed by atoms with E-state index in [-0.39, 0.29) is 0 Å². The zero-order valence-corrected chi connectivity index (χ0v) is 12.7. The Hall–Kier alpha value is -1.01. The van der Waals surface area contributed by atoms with Crippen molar-refractivity contribution in [2.24, 2.45) is 5.92 Å². The summed E-state index contributed by atoms with van der Waals surface area (Å²) in [6.45, 7) is 1.10. The van der Waals surface area contributed by atoms with E-state index in [0.717, 1.165) is 28.2 Å². The van der Waals surface area contributed by atoms with Gasteiger partial charge in [0.15, 0.2) is 0 Å². The van der Waals surface area contributed by atoms with Crippen LogP contribution in [0.4, 0.5) is 5.69 Å². The van der Waals surface area contributed by atoms with Crippen molar-refractivity contribution in [3.8, 4) is 6.07 Å². The zero-order chi connectivity index (χ0) is 13.2. The van der Waals surface area contributed by atoms with Gasteiger partial charge in [-0.1, -0.05) is 18.9 Å². The van der Waals surface area contributed by atoms with Crippen molar-refractivity contribution >= 4 is 21.6 Å². The van der Waals surface area contributed by atoms with Gasteiger partial charge in [0.2, 0.25) is 0 Å². The van der Waals surface area contributed by atoms with Gasteiger partial charge in [0, 0.05) is 17.1 Å². The molecule has 0 bridgehead atoms. The van der Waals surface area contributed by atoms with Gasteiger partial charge in [-0.05, 0) is 59.7 Å². The summed E-state index contributed by atoms with van der Waals surface area (Å²) in [6.07, 6.45) is 8.03. The Kier molecular flexibility index (Phi) is 3.79. The topological polar surface area (TPSA) is 27.0 Å². The standard InChI is InChI=1S/C16H19BrN2/c17-14-7-3-9-16(13(14)11-18)19-10-4-6-12-5-1-2-8-15(12)19/h3,7,9,12,15H,1-2,4-6,8,10H2. The van der Waals surface area contributed by atoms with Gasteiger partial charge in [0.1, 0.15) is 6.07 Å². The van der Waals surface area contributed by atoms with Gasteiger partial charge in [-0.2, -0.15) is 5.26 Å². The average Bonchev–Trinajstić information content (AvgIpc) is 2.46. The van der Waals surface area contributed by atoms with E-state index in [1.165, 1.54) is 38.5 Å². The molecule has 1 aromatic carbocycles. The average molecular weight is 319 g/mol. The van der Waals surface area contributed by atoms with E-state index in [9.17, 15) is 5.26 Å². The van der Waals surface area contributed by atoms with E-state index in [1.54, 1.807) is 0 Å². The molecule has 0 N–H and O–H groups in total. The SMILES string of the molecule is N#Cc1c(Br)cccc1N1CCCC2CCCCC21. The Morgan fingerprint density at radius 2 is 1.95 bits per heavy atom. The minimum absolute atomic E-state index is 0.656. The van der Waals surface area contributed by atoms with Crippen LogP contribution in [-0.2, 0) is 0 Å². The molecule has 2 fully saturated rings. The zero-order valence-electron chi connectivity index (χ0n) is 11.1. The van der Waals surface area contributed by atoms with Crippen molar-refractivity contribution in [1.82, 2.24) is 0 Å². The minimum Gasteiger partial charge on any atom is -0.367 e. The van der Waals surface area contributed by atoms with Crippen molar-refractivity contribution in [2.75, 3.05) is 11.4 Å². The summed E-state index contributed by atoms with van der Waals surface area (Å²) in [5.41, 5.74) is 1.93. The second kappa shape index (κ2) is 5.54. The van der Waals surface area contributed by atoms with Gasteiger partial charge in [-0.25, -0.2) is 0 Å². The second-order valence-electron chi connectivity index (χ2n) is 5.69. The summed E-state index contributed by atoms with van der Waals surface area (Å²) >= 11 is 3.51. The molecule has 0 radical (unpaired) electrons. The maximum absolute atomic E-state index is 9.42. The van der Waals surface area contributed by atoms with Crippen LogP contribution in [0.2, 0.25) is 0 Å². The van der Waals surface area contributed by atoms with Crippen molar-refractivity contribution in [3.05, 3.63) is 28.2 Å². The van der Waals surface area contributed by atoms with Crippen LogP contribution in [0.1, 0.15) is 44.1 Å². The summed E-state index contributed by atoms with van der Waals surface area (Å²) in [6, 6.07) is 9.15. The summed E-state index contributed by atoms with van der Waals surface area (Å²) in [5.74, 6) is 0.841. The molecule has 1 aliphatic carbocycles. The van der Waals surface area contributed by atoms with Gasteiger partial charge >= 0.3 is 0 Å². The molecule has 1 saturated carbocycles. The van der Waals surface area contributed by atoms with Crippen LogP contribution in [0.15, 0.2) is 22.7 Å². The lowest BCUT2D eigenvalue weighted by Gasteiger charge is -2.45. The maximum Gasteiger partial charge on any atom is 0.103 e. The first-order valence-electron chi connectivity index (χ1n) is 7.26. The third kappa shape index (κ3) is 2.39. The van der Waals surface area contributed by atoms with Crippen LogP contribution in [-0.4, -0.2) is 12.6 Å². The molecular weight excluding hydrogens is 300 g/mol. The minimum atomic E-state index is 0.656. The predicted octanol–water partition coefficient (Wildman–Crippen LogP) is 4.48. The lowest BCUT2D eigenvalue weighted by molar-refractivity contribution is 0.244. The van der Waals surface area contributed by atoms with E-state index in [4.69, 9.17) is 0 Å². The van der Waals surface area contributed by atoms with E-state index in [0.29, 0.717) is 6.04 Å². The summed E-state index contributed by atoms with van der Waals surface area (Å²) < 4.78 is 0.922. The van der Waals surface area contributed by atoms with Gasteiger partial charge in [-0.3, -0.25) is 0 Å². The Balaban J connectivity index is 1.96. The number of nitriles is 1. The van der Waals surface area contributed by atoms with Crippen molar-refractivity contribution in [1.29, 1.82) is 5.26 Å². The van der Waals surface area contributed by atoms with E-state index in [1.807, 2.05) is 12.1 Å². The molecule has 2 aliphatic rings. The van der Waals surface area contributed by atoms with Gasteiger partial charge in [0.05, 0.1) is 11.3 Å². The molecule has 2 nitrogen and oxygen atoms in total. The molecular formula is C16H19BrN2. The number of fused-ring (bicyclic) bond motifs is 1. The molecule has 3 rings (SSSR count). The van der Waals surface area contributed by atoms with Crippen molar-refractivity contribution < 1.29 is 0 Å². The predicted molar refractivity (Wildman–Crippen MR) is 81.2 cm³/mol. The van der Waals surface area contributed by atoms with Crippen LogP contribution < -0.4 is 4.90 Å². The van der Waals surface area contributed by atoms with E-state index >= 15 is 0 Å². The van der Waals surface area contributed by atoms with Crippen LogP contribution in [0.5, 0.6) is 0 Å². The molecule has 0 amide bonds. The molecule has 100 valence electrons. The molecule has 1 heterocycles. The fraction of sp³-hybridized carbons (Fsp3) is 0.562. The molecule has 1 aromatic rings. The van der Waals surface area contributed by atoms with Crippen LogP contribution in [0, 0.1) is 17.2 Å². The molecule has 2 atom stereocenters. The third-order valence-corrected chi connectivity index (χ3v) is 5.32. The highest BCUT2D eigenvalue weighted by Gasteiger charge is 2.34. The smallest absolute Gasteiger partial charge is 0.103 e. The molecule has 3 heteroatoms. The van der Waals surface area contributed by atoms with Crippen LogP contribution >= 0.6 is 15.9 Å². The normalized spacial score (nSPS) is 26.6. The molecule has 0 spiro atoms. The third-order valence-electron chi connectivity index (χ3n) is 4.66. The molecule has 0 aromatic heterocycles. The number of hydrogen-bond donors (Lipinski definition) is 0. The Bertz CT molecular complexity index is 504. The molecule has 1 saturated heterocycles. The second-order valence-corrected chi connectivity index (χ2v) is 6.55. The Morgan fingerprint density at radius 3 is 2.79 bits per heavy atom. The lowest BCUT2D eigenvalue weighted by atomic mass is 9.78. The Labute approximate surface area is 123 Å². The number of nitrogens with zero attached hydrogens (tertiary/aromatic N) is 2. The summed E-state index contributed by atoms with van der Waals surface area (Å²) in [4.78, 5) is 2.51. The van der Waals surface area contributed by atoms with Crippen molar-refractivity contribution in [3.63, 3.8) is 0 Å². The van der Waals surface area contributed by atoms with Gasteiger partial charge < -0.3 is 4.90 Å². The van der Waals surface area contributed by atoms with E-state index < -0.39 is 0 Å². The summed E-state index contributed by atoms with van der Waals surface area (Å²) in [5, 5.41) is 9.42. The van der Waals surface area contributed by atoms with Crippen LogP contribution in [0.25, 0.3) is 0 Å². The molecule has 1 aliphatic heterocycles. The largest absolute Gasteiger partial charge is 0.367 e. The quantitative estimate of drug-likeness (QED) is 0.763. The lowest BCUT2D eigenvalue weighted by Crippen LogP contribution is -2.47. The molecule has 19 heavy (non-hydrogen) atoms. The highest BCUT2D eigenvalue weighted by Crippen LogP contribution is 2.39. The number of halogens is 1. The van der Waals surface area contributed by atoms with Gasteiger partial charge in [-0.15, -0.1) is 0 Å². The van der Waals surface area contributed by atoms with E-state index in [2.05, 4.69) is 33.0 Å². The fourth-order valence-corrected chi connectivity index (χ4v) is 4.23.